The number of aryl methyl sites for hydroxylation is 1. The van der Waals surface area contributed by atoms with Crippen LogP contribution in [0.4, 0.5) is 5.00 Å². The highest BCUT2D eigenvalue weighted by Crippen LogP contribution is 2.37. The number of rotatable bonds is 4. The zero-order chi connectivity index (χ0) is 20.3. The van der Waals surface area contributed by atoms with Crippen LogP contribution in [0.15, 0.2) is 18.2 Å². The fourth-order valence-electron chi connectivity index (χ4n) is 2.93. The van der Waals surface area contributed by atoms with Crippen LogP contribution in [-0.4, -0.2) is 17.1 Å². The van der Waals surface area contributed by atoms with Gasteiger partial charge in [-0.3, -0.25) is 10.1 Å². The molecule has 0 saturated carbocycles. The van der Waals surface area contributed by atoms with Crippen LogP contribution in [0.25, 0.3) is 0 Å². The number of fused-ring (bicyclic) bond motifs is 1. The van der Waals surface area contributed by atoms with Gasteiger partial charge in [0, 0.05) is 9.90 Å². The van der Waals surface area contributed by atoms with Gasteiger partial charge in [-0.25, -0.2) is 0 Å². The average molecular weight is 454 g/mol. The summed E-state index contributed by atoms with van der Waals surface area (Å²) in [6.45, 7) is 1.59. The first kappa shape index (κ1) is 20.9. The molecule has 1 amide bonds. The Kier molecular flexibility index (Phi) is 6.78. The molecule has 0 unspecified atom stereocenters. The van der Waals surface area contributed by atoms with Crippen molar-refractivity contribution in [1.82, 2.24) is 5.32 Å². The van der Waals surface area contributed by atoms with Gasteiger partial charge in [0.15, 0.2) is 11.2 Å². The Hall–Kier alpha value is -1.85. The Morgan fingerprint density at radius 3 is 2.82 bits per heavy atom. The minimum atomic E-state index is -0.828. The molecule has 0 fully saturated rings. The van der Waals surface area contributed by atoms with Crippen molar-refractivity contribution in [3.05, 3.63) is 44.2 Å². The van der Waals surface area contributed by atoms with E-state index in [1.54, 1.807) is 19.1 Å². The van der Waals surface area contributed by atoms with Crippen molar-refractivity contribution in [2.24, 2.45) is 0 Å². The Labute approximate surface area is 182 Å². The number of anilines is 1. The third-order valence-electron chi connectivity index (χ3n) is 4.31. The first-order valence-electron chi connectivity index (χ1n) is 8.67. The first-order valence-corrected chi connectivity index (χ1v) is 10.6. The molecule has 146 valence electrons. The van der Waals surface area contributed by atoms with E-state index in [2.05, 4.69) is 16.7 Å². The Balaban J connectivity index is 1.62. The van der Waals surface area contributed by atoms with Crippen LogP contribution in [-0.2, 0) is 17.6 Å². The maximum absolute atomic E-state index is 12.4. The highest BCUT2D eigenvalue weighted by atomic mass is 35.5. The summed E-state index contributed by atoms with van der Waals surface area (Å²) >= 11 is 18.7. The van der Waals surface area contributed by atoms with Crippen LogP contribution >= 0.6 is 46.8 Å². The number of halogens is 2. The molecular formula is C19H17Cl2N3O2S2. The predicted molar refractivity (Wildman–Crippen MR) is 117 cm³/mol. The van der Waals surface area contributed by atoms with Crippen LogP contribution in [0.2, 0.25) is 10.0 Å². The standard InChI is InChI=1S/C19H17Cl2N3O2S2/c1-10(26-15-7-6-11(20)8-14(15)21)17(25)23-19(27)24-18-13(9-22)12-4-2-3-5-16(12)28-18/h6-8,10H,2-5H2,1H3,(H2,23,24,25,27)/t10-/m1/s1. The van der Waals surface area contributed by atoms with E-state index in [4.69, 9.17) is 40.2 Å². The number of thiocarbonyl (C=S) groups is 1. The Morgan fingerprint density at radius 1 is 1.36 bits per heavy atom. The lowest BCUT2D eigenvalue weighted by atomic mass is 9.96. The number of ether oxygens (including phenoxy) is 1. The number of benzene rings is 1. The molecule has 3 rings (SSSR count). The van der Waals surface area contributed by atoms with E-state index in [0.717, 1.165) is 31.2 Å². The molecule has 5 nitrogen and oxygen atoms in total. The lowest BCUT2D eigenvalue weighted by Gasteiger charge is -2.16. The van der Waals surface area contributed by atoms with E-state index in [-0.39, 0.29) is 5.11 Å². The molecule has 1 aliphatic rings. The van der Waals surface area contributed by atoms with Gasteiger partial charge in [0.25, 0.3) is 5.91 Å². The van der Waals surface area contributed by atoms with E-state index < -0.39 is 12.0 Å². The highest BCUT2D eigenvalue weighted by molar-refractivity contribution is 7.80. The number of nitriles is 1. The summed E-state index contributed by atoms with van der Waals surface area (Å²) in [6, 6.07) is 7.02. The highest BCUT2D eigenvalue weighted by Gasteiger charge is 2.22. The van der Waals surface area contributed by atoms with Crippen LogP contribution < -0.4 is 15.4 Å². The molecular weight excluding hydrogens is 437 g/mol. The fourth-order valence-corrected chi connectivity index (χ4v) is 4.90. The van der Waals surface area contributed by atoms with Gasteiger partial charge in [-0.2, -0.15) is 5.26 Å². The van der Waals surface area contributed by atoms with E-state index in [1.165, 1.54) is 22.3 Å². The van der Waals surface area contributed by atoms with Crippen molar-refractivity contribution >= 4 is 62.8 Å². The zero-order valence-corrected chi connectivity index (χ0v) is 18.1. The molecule has 2 N–H and O–H groups in total. The van der Waals surface area contributed by atoms with Gasteiger partial charge >= 0.3 is 0 Å². The summed E-state index contributed by atoms with van der Waals surface area (Å²) < 4.78 is 5.58. The largest absolute Gasteiger partial charge is 0.479 e. The Bertz CT molecular complexity index is 969. The number of carbonyl (C=O) groups is 1. The molecule has 28 heavy (non-hydrogen) atoms. The van der Waals surface area contributed by atoms with Gasteiger partial charge in [0.2, 0.25) is 0 Å². The molecule has 0 radical (unpaired) electrons. The predicted octanol–water partition coefficient (Wildman–Crippen LogP) is 5.09. The molecule has 9 heteroatoms. The van der Waals surface area contributed by atoms with Crippen molar-refractivity contribution in [3.8, 4) is 11.8 Å². The molecule has 0 bridgehead atoms. The SMILES string of the molecule is C[C@@H](Oc1ccc(Cl)cc1Cl)C(=O)NC(=S)Nc1sc2c(c1C#N)CCCC2. The number of nitrogens with one attached hydrogen (secondary N) is 2. The van der Waals surface area contributed by atoms with E-state index >= 15 is 0 Å². The summed E-state index contributed by atoms with van der Waals surface area (Å²) in [6.07, 6.45) is 3.26. The smallest absolute Gasteiger partial charge is 0.266 e. The maximum atomic E-state index is 12.4. The van der Waals surface area contributed by atoms with Gasteiger partial charge < -0.3 is 10.1 Å². The molecule has 1 aromatic carbocycles. The summed E-state index contributed by atoms with van der Waals surface area (Å²) in [4.78, 5) is 13.6. The number of hydrogen-bond donors (Lipinski definition) is 2. The number of carbonyl (C=O) groups excluding carboxylic acids is 1. The zero-order valence-electron chi connectivity index (χ0n) is 15.0. The second-order valence-electron chi connectivity index (χ2n) is 6.31. The third kappa shape index (κ3) is 4.76. The number of amides is 1. The second-order valence-corrected chi connectivity index (χ2v) is 8.66. The van der Waals surface area contributed by atoms with Crippen LogP contribution in [0.3, 0.4) is 0 Å². The van der Waals surface area contributed by atoms with E-state index in [1.807, 2.05) is 0 Å². The van der Waals surface area contributed by atoms with Crippen molar-refractivity contribution in [2.75, 3.05) is 5.32 Å². The second kappa shape index (κ2) is 9.10. The van der Waals surface area contributed by atoms with Crippen molar-refractivity contribution in [2.45, 2.75) is 38.7 Å². The normalized spacial score (nSPS) is 13.8. The molecule has 1 aromatic heterocycles. The fraction of sp³-hybridized carbons (Fsp3) is 0.316. The van der Waals surface area contributed by atoms with Gasteiger partial charge in [-0.15, -0.1) is 11.3 Å². The first-order chi connectivity index (χ1) is 13.4. The minimum Gasteiger partial charge on any atom is -0.479 e. The van der Waals surface area contributed by atoms with Gasteiger partial charge in [-0.1, -0.05) is 23.2 Å². The molecule has 0 spiro atoms. The summed E-state index contributed by atoms with van der Waals surface area (Å²) in [5, 5.41) is 16.7. The molecule has 1 atom stereocenters. The monoisotopic (exact) mass is 453 g/mol. The van der Waals surface area contributed by atoms with Crippen LogP contribution in [0.1, 0.15) is 35.8 Å². The van der Waals surface area contributed by atoms with Crippen molar-refractivity contribution < 1.29 is 9.53 Å². The molecule has 2 aromatic rings. The molecule has 1 aliphatic carbocycles. The lowest BCUT2D eigenvalue weighted by Crippen LogP contribution is -2.42. The quantitative estimate of drug-likeness (QED) is 0.630. The van der Waals surface area contributed by atoms with Gasteiger partial charge in [0.05, 0.1) is 10.6 Å². The van der Waals surface area contributed by atoms with Crippen LogP contribution in [0.5, 0.6) is 5.75 Å². The average Bonchev–Trinajstić information content (AvgIpc) is 3.00. The van der Waals surface area contributed by atoms with Crippen molar-refractivity contribution in [3.63, 3.8) is 0 Å². The topological polar surface area (TPSA) is 74.2 Å². The number of nitrogens with zero attached hydrogens (tertiary/aromatic N) is 1. The summed E-state index contributed by atoms with van der Waals surface area (Å²) in [5.41, 5.74) is 1.72. The van der Waals surface area contributed by atoms with Crippen LogP contribution in [0, 0.1) is 11.3 Å². The number of hydrogen-bond acceptors (Lipinski definition) is 5. The molecule has 0 aliphatic heterocycles. The van der Waals surface area contributed by atoms with Gasteiger partial charge in [0.1, 0.15) is 16.8 Å². The third-order valence-corrected chi connectivity index (χ3v) is 6.26. The number of thiophene rings is 1. The summed E-state index contributed by atoms with van der Waals surface area (Å²) in [5.74, 6) is -0.0753. The summed E-state index contributed by atoms with van der Waals surface area (Å²) in [7, 11) is 0. The van der Waals surface area contributed by atoms with E-state index in [0.29, 0.717) is 26.4 Å². The maximum Gasteiger partial charge on any atom is 0.266 e. The van der Waals surface area contributed by atoms with Gasteiger partial charge in [-0.05, 0) is 68.6 Å². The molecule has 0 saturated heterocycles. The van der Waals surface area contributed by atoms with E-state index in [9.17, 15) is 10.1 Å². The lowest BCUT2D eigenvalue weighted by molar-refractivity contribution is -0.125. The minimum absolute atomic E-state index is 0.123. The molecule has 1 heterocycles. The Morgan fingerprint density at radius 2 is 2.11 bits per heavy atom. The van der Waals surface area contributed by atoms with Crippen molar-refractivity contribution in [1.29, 1.82) is 5.26 Å².